The van der Waals surface area contributed by atoms with Crippen LogP contribution in [0.5, 0.6) is 0 Å². The van der Waals surface area contributed by atoms with Gasteiger partial charge in [0.15, 0.2) is 6.61 Å². The number of benzene rings is 2. The summed E-state index contributed by atoms with van der Waals surface area (Å²) in [6.07, 6.45) is 0.0367. The normalized spacial score (nSPS) is 10.7. The molecule has 1 heterocycles. The Balaban J connectivity index is 1.58. The van der Waals surface area contributed by atoms with Crippen molar-refractivity contribution in [1.82, 2.24) is 10.1 Å². The molecule has 0 amide bonds. The lowest BCUT2D eigenvalue weighted by molar-refractivity contribution is -0.144. The zero-order valence-corrected chi connectivity index (χ0v) is 14.8. The van der Waals surface area contributed by atoms with Gasteiger partial charge in [0.2, 0.25) is 5.82 Å². The number of esters is 1. The van der Waals surface area contributed by atoms with Crippen molar-refractivity contribution in [3.8, 4) is 11.4 Å². The number of ether oxygens (including phenoxy) is 1. The average Bonchev–Trinajstić information content (AvgIpc) is 3.05. The van der Waals surface area contributed by atoms with E-state index >= 15 is 0 Å². The van der Waals surface area contributed by atoms with Crippen LogP contribution in [-0.2, 0) is 22.6 Å². The summed E-state index contributed by atoms with van der Waals surface area (Å²) in [5, 5.41) is 4.82. The molecule has 0 saturated carbocycles. The standard InChI is InChI=1S/C18H14Cl2N2O3/c1-11-2-4-12(5-3-11)18-21-16(25-22-18)10-24-17(23)8-13-6-7-14(19)9-15(13)20/h2-7,9H,8,10H2,1H3. The maximum Gasteiger partial charge on any atom is 0.310 e. The van der Waals surface area contributed by atoms with Gasteiger partial charge in [-0.15, -0.1) is 0 Å². The van der Waals surface area contributed by atoms with Crippen LogP contribution in [0.1, 0.15) is 17.0 Å². The van der Waals surface area contributed by atoms with Crippen LogP contribution in [0.3, 0.4) is 0 Å². The van der Waals surface area contributed by atoms with Crippen LogP contribution in [0.2, 0.25) is 10.0 Å². The first kappa shape index (κ1) is 17.5. The topological polar surface area (TPSA) is 65.2 Å². The summed E-state index contributed by atoms with van der Waals surface area (Å²) in [6.45, 7) is 1.90. The van der Waals surface area contributed by atoms with Gasteiger partial charge in [-0.2, -0.15) is 4.98 Å². The maximum absolute atomic E-state index is 11.9. The van der Waals surface area contributed by atoms with Crippen molar-refractivity contribution in [2.75, 3.05) is 0 Å². The molecule has 0 bridgehead atoms. The quantitative estimate of drug-likeness (QED) is 0.606. The van der Waals surface area contributed by atoms with E-state index in [9.17, 15) is 4.79 Å². The van der Waals surface area contributed by atoms with Crippen LogP contribution in [0.4, 0.5) is 0 Å². The van der Waals surface area contributed by atoms with Gasteiger partial charge < -0.3 is 9.26 Å². The Kier molecular flexibility index (Phi) is 5.36. The summed E-state index contributed by atoms with van der Waals surface area (Å²) < 4.78 is 10.3. The van der Waals surface area contributed by atoms with Crippen molar-refractivity contribution in [3.63, 3.8) is 0 Å². The predicted octanol–water partition coefficient (Wildman–Crippen LogP) is 4.64. The van der Waals surface area contributed by atoms with Crippen LogP contribution in [0.25, 0.3) is 11.4 Å². The minimum absolute atomic E-state index is 0.0367. The number of aromatic nitrogens is 2. The summed E-state index contributed by atoms with van der Waals surface area (Å²) in [5.74, 6) is 0.234. The molecule has 0 radical (unpaired) electrons. The number of hydrogen-bond acceptors (Lipinski definition) is 5. The number of halogens is 2. The number of hydrogen-bond donors (Lipinski definition) is 0. The van der Waals surface area contributed by atoms with Crippen LogP contribution in [-0.4, -0.2) is 16.1 Å². The van der Waals surface area contributed by atoms with E-state index < -0.39 is 5.97 Å². The fraction of sp³-hybridized carbons (Fsp3) is 0.167. The third-order valence-electron chi connectivity index (χ3n) is 3.48. The van der Waals surface area contributed by atoms with Gasteiger partial charge in [0.05, 0.1) is 6.42 Å². The Morgan fingerprint density at radius 2 is 1.92 bits per heavy atom. The number of aryl methyl sites for hydroxylation is 1. The lowest BCUT2D eigenvalue weighted by Crippen LogP contribution is -2.08. The molecule has 0 spiro atoms. The highest BCUT2D eigenvalue weighted by Gasteiger charge is 2.13. The molecule has 0 aliphatic rings. The molecule has 3 aromatic rings. The summed E-state index contributed by atoms with van der Waals surface area (Å²) >= 11 is 11.9. The Morgan fingerprint density at radius 3 is 2.64 bits per heavy atom. The molecule has 0 atom stereocenters. The molecule has 5 nitrogen and oxygen atoms in total. The van der Waals surface area contributed by atoms with E-state index in [4.69, 9.17) is 32.5 Å². The zero-order valence-electron chi connectivity index (χ0n) is 13.3. The van der Waals surface area contributed by atoms with Crippen LogP contribution >= 0.6 is 23.2 Å². The van der Waals surface area contributed by atoms with Crippen molar-refractivity contribution in [2.24, 2.45) is 0 Å². The highest BCUT2D eigenvalue weighted by molar-refractivity contribution is 6.35. The number of carbonyl (C=O) groups excluding carboxylic acids is 1. The fourth-order valence-corrected chi connectivity index (χ4v) is 2.62. The van der Waals surface area contributed by atoms with E-state index in [0.717, 1.165) is 11.1 Å². The highest BCUT2D eigenvalue weighted by atomic mass is 35.5. The molecule has 7 heteroatoms. The van der Waals surface area contributed by atoms with E-state index in [1.807, 2.05) is 31.2 Å². The minimum Gasteiger partial charge on any atom is -0.455 e. The molecule has 0 fully saturated rings. The Hall–Kier alpha value is -2.37. The van der Waals surface area contributed by atoms with Gasteiger partial charge in [-0.3, -0.25) is 4.79 Å². The third kappa shape index (κ3) is 4.59. The predicted molar refractivity (Wildman–Crippen MR) is 94.4 cm³/mol. The fourth-order valence-electron chi connectivity index (χ4n) is 2.15. The molecule has 25 heavy (non-hydrogen) atoms. The van der Waals surface area contributed by atoms with Crippen LogP contribution in [0, 0.1) is 6.92 Å². The molecular formula is C18H14Cl2N2O3. The minimum atomic E-state index is -0.445. The third-order valence-corrected chi connectivity index (χ3v) is 4.07. The van der Waals surface area contributed by atoms with Gasteiger partial charge in [-0.1, -0.05) is 64.3 Å². The molecule has 0 aliphatic heterocycles. The Morgan fingerprint density at radius 1 is 1.16 bits per heavy atom. The van der Waals surface area contributed by atoms with Crippen molar-refractivity contribution < 1.29 is 14.1 Å². The van der Waals surface area contributed by atoms with Crippen molar-refractivity contribution in [2.45, 2.75) is 20.0 Å². The molecule has 1 aromatic heterocycles. The molecule has 3 rings (SSSR count). The summed E-state index contributed by atoms with van der Waals surface area (Å²) in [7, 11) is 0. The molecular weight excluding hydrogens is 363 g/mol. The van der Waals surface area contributed by atoms with Gasteiger partial charge in [-0.25, -0.2) is 0 Å². The monoisotopic (exact) mass is 376 g/mol. The van der Waals surface area contributed by atoms with Crippen LogP contribution in [0.15, 0.2) is 47.0 Å². The van der Waals surface area contributed by atoms with Crippen molar-refractivity contribution in [3.05, 3.63) is 69.5 Å². The molecule has 0 unspecified atom stereocenters. The Labute approximate surface area is 154 Å². The largest absolute Gasteiger partial charge is 0.455 e. The summed E-state index contributed by atoms with van der Waals surface area (Å²) in [6, 6.07) is 12.7. The molecule has 2 aromatic carbocycles. The maximum atomic E-state index is 11.9. The van der Waals surface area contributed by atoms with Gasteiger partial charge in [0, 0.05) is 15.6 Å². The van der Waals surface area contributed by atoms with E-state index in [1.165, 1.54) is 0 Å². The van der Waals surface area contributed by atoms with Gasteiger partial charge in [-0.05, 0) is 24.6 Å². The van der Waals surface area contributed by atoms with Gasteiger partial charge in [0.25, 0.3) is 5.89 Å². The van der Waals surface area contributed by atoms with Gasteiger partial charge in [0.1, 0.15) is 0 Å². The molecule has 0 aliphatic carbocycles. The van der Waals surface area contributed by atoms with Gasteiger partial charge >= 0.3 is 5.97 Å². The first-order valence-corrected chi connectivity index (χ1v) is 8.26. The summed E-state index contributed by atoms with van der Waals surface area (Å²) in [4.78, 5) is 16.2. The van der Waals surface area contributed by atoms with E-state index in [0.29, 0.717) is 21.4 Å². The first-order chi connectivity index (χ1) is 12.0. The Bertz CT molecular complexity index is 892. The van der Waals surface area contributed by atoms with Crippen LogP contribution < -0.4 is 0 Å². The van der Waals surface area contributed by atoms with E-state index in [-0.39, 0.29) is 18.9 Å². The summed E-state index contributed by atoms with van der Waals surface area (Å²) in [5.41, 5.74) is 2.61. The SMILES string of the molecule is Cc1ccc(-c2noc(COC(=O)Cc3ccc(Cl)cc3Cl)n2)cc1. The van der Waals surface area contributed by atoms with E-state index in [2.05, 4.69) is 10.1 Å². The average molecular weight is 377 g/mol. The molecule has 128 valence electrons. The highest BCUT2D eigenvalue weighted by Crippen LogP contribution is 2.22. The lowest BCUT2D eigenvalue weighted by Gasteiger charge is -2.04. The zero-order chi connectivity index (χ0) is 17.8. The second kappa shape index (κ2) is 7.68. The molecule has 0 saturated heterocycles. The second-order valence-electron chi connectivity index (χ2n) is 5.45. The lowest BCUT2D eigenvalue weighted by atomic mass is 10.1. The molecule has 0 N–H and O–H groups in total. The second-order valence-corrected chi connectivity index (χ2v) is 6.29. The number of nitrogens with zero attached hydrogens (tertiary/aromatic N) is 2. The number of carbonyl (C=O) groups is 1. The first-order valence-electron chi connectivity index (χ1n) is 7.50. The van der Waals surface area contributed by atoms with E-state index in [1.54, 1.807) is 18.2 Å². The van der Waals surface area contributed by atoms with Crippen molar-refractivity contribution >= 4 is 29.2 Å². The van der Waals surface area contributed by atoms with Crippen molar-refractivity contribution in [1.29, 1.82) is 0 Å². The number of rotatable bonds is 5. The smallest absolute Gasteiger partial charge is 0.310 e.